The Labute approximate surface area is 187 Å². The first kappa shape index (κ1) is 20.7. The molecule has 3 aromatic rings. The summed E-state index contributed by atoms with van der Waals surface area (Å²) < 4.78 is 28.7. The Kier molecular flexibility index (Phi) is 5.40. The monoisotopic (exact) mass is 459 g/mol. The number of piperazine rings is 1. The summed E-state index contributed by atoms with van der Waals surface area (Å²) >= 11 is 6.65. The minimum atomic E-state index is -2.66. The second-order valence-corrected chi connectivity index (χ2v) is 8.14. The molecule has 0 atom stereocenters. The predicted molar refractivity (Wildman–Crippen MR) is 117 cm³/mol. The highest BCUT2D eigenvalue weighted by atomic mass is 35.5. The summed E-state index contributed by atoms with van der Waals surface area (Å²) in [6.45, 7) is 2.80. The van der Waals surface area contributed by atoms with Crippen LogP contribution >= 0.6 is 11.6 Å². The van der Waals surface area contributed by atoms with Crippen molar-refractivity contribution in [2.45, 2.75) is 25.3 Å². The van der Waals surface area contributed by atoms with Gasteiger partial charge in [0.15, 0.2) is 17.2 Å². The van der Waals surface area contributed by atoms with Crippen molar-refractivity contribution >= 4 is 40.4 Å². The maximum absolute atomic E-state index is 13.7. The van der Waals surface area contributed by atoms with E-state index < -0.39 is 6.43 Å². The van der Waals surface area contributed by atoms with Gasteiger partial charge in [0.05, 0.1) is 22.6 Å². The first-order valence-corrected chi connectivity index (χ1v) is 10.7. The maximum atomic E-state index is 13.7. The van der Waals surface area contributed by atoms with Gasteiger partial charge in [-0.3, -0.25) is 0 Å². The van der Waals surface area contributed by atoms with Crippen LogP contribution < -0.4 is 20.9 Å². The molecule has 2 aromatic heterocycles. The van der Waals surface area contributed by atoms with Crippen molar-refractivity contribution in [2.24, 2.45) is 0 Å². The van der Waals surface area contributed by atoms with Gasteiger partial charge in [0.2, 0.25) is 5.95 Å². The van der Waals surface area contributed by atoms with Crippen molar-refractivity contribution in [1.29, 1.82) is 5.26 Å². The van der Waals surface area contributed by atoms with Gasteiger partial charge in [0.1, 0.15) is 6.07 Å². The molecule has 5 rings (SSSR count). The fourth-order valence-electron chi connectivity index (χ4n) is 3.63. The molecule has 0 spiro atoms. The van der Waals surface area contributed by atoms with Gasteiger partial charge < -0.3 is 20.9 Å². The molecule has 0 radical (unpaired) electrons. The van der Waals surface area contributed by atoms with Crippen LogP contribution in [0.2, 0.25) is 5.02 Å². The Hall–Kier alpha value is -3.23. The van der Waals surface area contributed by atoms with Crippen LogP contribution in [-0.4, -0.2) is 51.8 Å². The summed E-state index contributed by atoms with van der Waals surface area (Å²) in [7, 11) is 0. The first-order chi connectivity index (χ1) is 15.5. The molecule has 12 heteroatoms. The SMILES string of the molecule is N#Cc1cnc2c(NC3CC3)nc(Nc3cc(C(F)F)cc(N4CCNCC4)c3Cl)nn12. The highest BCUT2D eigenvalue weighted by Gasteiger charge is 2.25. The number of hydrogen-bond donors (Lipinski definition) is 3. The Bertz CT molecular complexity index is 1200. The number of aromatic nitrogens is 4. The molecular formula is C20H20ClF2N9. The zero-order chi connectivity index (χ0) is 22.2. The van der Waals surface area contributed by atoms with E-state index in [1.807, 2.05) is 11.0 Å². The highest BCUT2D eigenvalue weighted by Crippen LogP contribution is 2.39. The average molecular weight is 460 g/mol. The Balaban J connectivity index is 1.56. The number of nitrogens with zero attached hydrogens (tertiary/aromatic N) is 6. The summed E-state index contributed by atoms with van der Waals surface area (Å²) in [5.74, 6) is 0.588. The molecule has 0 bridgehead atoms. The van der Waals surface area contributed by atoms with Gasteiger partial charge in [-0.2, -0.15) is 14.8 Å². The molecule has 9 nitrogen and oxygen atoms in total. The van der Waals surface area contributed by atoms with Crippen molar-refractivity contribution in [1.82, 2.24) is 24.9 Å². The van der Waals surface area contributed by atoms with Gasteiger partial charge in [0, 0.05) is 37.8 Å². The number of rotatable bonds is 6. The Morgan fingerprint density at radius 2 is 2.03 bits per heavy atom. The molecule has 1 aliphatic heterocycles. The standard InChI is InChI=1S/C20H20ClF2N9/c21-16-14(7-11(17(22)23)8-15(16)31-5-3-25-4-6-31)28-20-29-18(27-12-1-2-12)19-26-10-13(9-24)32(19)30-20/h7-8,10,12,17,25H,1-6H2,(H2,27,28,29,30). The van der Waals surface area contributed by atoms with Crippen LogP contribution in [0, 0.1) is 11.3 Å². The van der Waals surface area contributed by atoms with Crippen molar-refractivity contribution in [3.63, 3.8) is 0 Å². The molecular weight excluding hydrogens is 440 g/mol. The third kappa shape index (κ3) is 3.99. The molecule has 1 saturated carbocycles. The summed E-state index contributed by atoms with van der Waals surface area (Å²) in [6, 6.07) is 5.06. The zero-order valence-corrected chi connectivity index (χ0v) is 17.7. The number of anilines is 4. The smallest absolute Gasteiger partial charge is 0.264 e. The lowest BCUT2D eigenvalue weighted by Crippen LogP contribution is -2.43. The molecule has 1 aromatic carbocycles. The molecule has 1 aliphatic carbocycles. The zero-order valence-electron chi connectivity index (χ0n) is 16.9. The van der Waals surface area contributed by atoms with Crippen LogP contribution in [0.5, 0.6) is 0 Å². The number of hydrogen-bond acceptors (Lipinski definition) is 8. The lowest BCUT2D eigenvalue weighted by Gasteiger charge is -2.31. The highest BCUT2D eigenvalue weighted by molar-refractivity contribution is 6.36. The number of halogens is 3. The van der Waals surface area contributed by atoms with Gasteiger partial charge in [-0.25, -0.2) is 13.8 Å². The number of imidazole rings is 1. The van der Waals surface area contributed by atoms with Crippen molar-refractivity contribution in [3.8, 4) is 6.07 Å². The molecule has 32 heavy (non-hydrogen) atoms. The lowest BCUT2D eigenvalue weighted by molar-refractivity contribution is 0.151. The molecule has 166 valence electrons. The quantitative estimate of drug-likeness (QED) is 0.515. The van der Waals surface area contributed by atoms with Crippen LogP contribution in [-0.2, 0) is 0 Å². The van der Waals surface area contributed by atoms with Gasteiger partial charge in [-0.05, 0) is 25.0 Å². The number of nitrogens with one attached hydrogen (secondary N) is 3. The molecule has 2 fully saturated rings. The minimum Gasteiger partial charge on any atom is -0.368 e. The van der Waals surface area contributed by atoms with E-state index in [4.69, 9.17) is 11.6 Å². The second-order valence-electron chi connectivity index (χ2n) is 7.76. The number of benzene rings is 1. The first-order valence-electron chi connectivity index (χ1n) is 10.3. The van der Waals surface area contributed by atoms with E-state index in [0.717, 1.165) is 25.9 Å². The summed E-state index contributed by atoms with van der Waals surface area (Å²) in [4.78, 5) is 10.7. The molecule has 3 N–H and O–H groups in total. The van der Waals surface area contributed by atoms with Gasteiger partial charge >= 0.3 is 0 Å². The fourth-order valence-corrected chi connectivity index (χ4v) is 3.91. The molecule has 3 heterocycles. The number of alkyl halides is 2. The molecule has 0 unspecified atom stereocenters. The van der Waals surface area contributed by atoms with E-state index >= 15 is 0 Å². The van der Waals surface area contributed by atoms with Crippen molar-refractivity contribution in [2.75, 3.05) is 41.7 Å². The van der Waals surface area contributed by atoms with E-state index in [0.29, 0.717) is 35.3 Å². The molecule has 2 aliphatic rings. The van der Waals surface area contributed by atoms with Crippen LogP contribution in [0.1, 0.15) is 30.5 Å². The van der Waals surface area contributed by atoms with Gasteiger partial charge in [-0.15, -0.1) is 5.10 Å². The fraction of sp³-hybridized carbons (Fsp3) is 0.400. The number of fused-ring (bicyclic) bond motifs is 1. The third-order valence-electron chi connectivity index (χ3n) is 5.43. The van der Waals surface area contributed by atoms with Crippen LogP contribution in [0.15, 0.2) is 18.3 Å². The van der Waals surface area contributed by atoms with Gasteiger partial charge in [0.25, 0.3) is 6.43 Å². The summed E-state index contributed by atoms with van der Waals surface area (Å²) in [5, 5.41) is 23.5. The topological polar surface area (TPSA) is 106 Å². The lowest BCUT2D eigenvalue weighted by atomic mass is 10.1. The molecule has 1 saturated heterocycles. The Morgan fingerprint density at radius 3 is 2.72 bits per heavy atom. The summed E-state index contributed by atoms with van der Waals surface area (Å²) in [6.07, 6.45) is 0.782. The number of nitriles is 1. The van der Waals surface area contributed by atoms with E-state index in [2.05, 4.69) is 31.0 Å². The normalized spacial score (nSPS) is 16.4. The van der Waals surface area contributed by atoms with E-state index in [1.165, 1.54) is 22.8 Å². The summed E-state index contributed by atoms with van der Waals surface area (Å²) in [5.41, 5.74) is 1.31. The van der Waals surface area contributed by atoms with Crippen molar-refractivity contribution < 1.29 is 8.78 Å². The van der Waals surface area contributed by atoms with E-state index in [9.17, 15) is 14.0 Å². The second kappa shape index (κ2) is 8.37. The predicted octanol–water partition coefficient (Wildman–Crippen LogP) is 3.31. The van der Waals surface area contributed by atoms with Crippen molar-refractivity contribution in [3.05, 3.63) is 34.6 Å². The van der Waals surface area contributed by atoms with Crippen LogP contribution in [0.25, 0.3) is 5.65 Å². The van der Waals surface area contributed by atoms with E-state index in [1.54, 1.807) is 0 Å². The largest absolute Gasteiger partial charge is 0.368 e. The third-order valence-corrected chi connectivity index (χ3v) is 5.82. The maximum Gasteiger partial charge on any atom is 0.264 e. The van der Waals surface area contributed by atoms with Gasteiger partial charge in [-0.1, -0.05) is 11.6 Å². The van der Waals surface area contributed by atoms with Crippen LogP contribution in [0.4, 0.5) is 31.9 Å². The van der Waals surface area contributed by atoms with E-state index in [-0.39, 0.29) is 28.9 Å². The molecule has 0 amide bonds. The Morgan fingerprint density at radius 1 is 1.25 bits per heavy atom. The average Bonchev–Trinajstić information content (AvgIpc) is 3.51. The minimum absolute atomic E-state index is 0.120. The van der Waals surface area contributed by atoms with Crippen LogP contribution in [0.3, 0.4) is 0 Å².